The van der Waals surface area contributed by atoms with Gasteiger partial charge in [0, 0.05) is 28.7 Å². The zero-order valence-electron chi connectivity index (χ0n) is 9.91. The Hall–Kier alpha value is -1.44. The molecule has 0 saturated heterocycles. The third-order valence-corrected chi connectivity index (χ3v) is 3.79. The van der Waals surface area contributed by atoms with E-state index in [0.717, 1.165) is 15.1 Å². The molecule has 0 aliphatic rings. The van der Waals surface area contributed by atoms with Gasteiger partial charge in [-0.2, -0.15) is 4.98 Å². The number of imidazole rings is 1. The first kappa shape index (κ1) is 12.6. The topological polar surface area (TPSA) is 65.4 Å². The molecule has 19 heavy (non-hydrogen) atoms. The maximum Gasteiger partial charge on any atom is 0.242 e. The standard InChI is InChI=1S/C12H11BrN4OS/c13-8-5-9(7-15-6-8)18-11-10(1-2-14)17-3-4-19-12(17)16-11/h3-7H,1-2,14H2. The number of pyridine rings is 1. The van der Waals surface area contributed by atoms with Gasteiger partial charge in [-0.05, 0) is 28.5 Å². The number of hydrogen-bond acceptors (Lipinski definition) is 5. The second kappa shape index (κ2) is 5.28. The van der Waals surface area contributed by atoms with E-state index < -0.39 is 0 Å². The van der Waals surface area contributed by atoms with Crippen molar-refractivity contribution in [1.29, 1.82) is 0 Å². The number of fused-ring (bicyclic) bond motifs is 1. The largest absolute Gasteiger partial charge is 0.436 e. The van der Waals surface area contributed by atoms with E-state index in [1.165, 1.54) is 0 Å². The Kier molecular flexibility index (Phi) is 3.50. The molecule has 0 saturated carbocycles. The average molecular weight is 339 g/mol. The molecule has 0 aliphatic carbocycles. The first-order valence-electron chi connectivity index (χ1n) is 5.71. The van der Waals surface area contributed by atoms with Gasteiger partial charge in [0.05, 0.1) is 11.9 Å². The number of nitrogens with two attached hydrogens (primary N) is 1. The predicted molar refractivity (Wildman–Crippen MR) is 77.8 cm³/mol. The Balaban J connectivity index is 1.99. The van der Waals surface area contributed by atoms with Crippen molar-refractivity contribution in [3.63, 3.8) is 0 Å². The highest BCUT2D eigenvalue weighted by Gasteiger charge is 2.14. The molecule has 3 heterocycles. The summed E-state index contributed by atoms with van der Waals surface area (Å²) in [5.74, 6) is 1.25. The Bertz CT molecular complexity index is 709. The van der Waals surface area contributed by atoms with Crippen LogP contribution in [0.2, 0.25) is 0 Å². The molecule has 0 fully saturated rings. The maximum absolute atomic E-state index is 5.81. The van der Waals surface area contributed by atoms with Crippen LogP contribution in [-0.4, -0.2) is 20.9 Å². The SMILES string of the molecule is NCCc1c(Oc2cncc(Br)c2)nc2sccn12. The van der Waals surface area contributed by atoms with Gasteiger partial charge in [-0.15, -0.1) is 11.3 Å². The number of hydrogen-bond donors (Lipinski definition) is 1. The summed E-state index contributed by atoms with van der Waals surface area (Å²) in [4.78, 5) is 9.45. The molecule has 0 amide bonds. The summed E-state index contributed by atoms with van der Waals surface area (Å²) < 4.78 is 8.69. The van der Waals surface area contributed by atoms with Crippen LogP contribution in [0.4, 0.5) is 0 Å². The fourth-order valence-electron chi connectivity index (χ4n) is 1.82. The third kappa shape index (κ3) is 2.49. The van der Waals surface area contributed by atoms with Crippen LogP contribution >= 0.6 is 27.3 Å². The molecule has 0 aliphatic heterocycles. The molecule has 0 spiro atoms. The molecule has 0 atom stereocenters. The lowest BCUT2D eigenvalue weighted by Gasteiger charge is -2.05. The van der Waals surface area contributed by atoms with Gasteiger partial charge in [-0.3, -0.25) is 9.38 Å². The van der Waals surface area contributed by atoms with Gasteiger partial charge in [-0.1, -0.05) is 0 Å². The molecule has 2 N–H and O–H groups in total. The summed E-state index contributed by atoms with van der Waals surface area (Å²) >= 11 is 4.93. The van der Waals surface area contributed by atoms with Crippen LogP contribution in [0.1, 0.15) is 5.69 Å². The fourth-order valence-corrected chi connectivity index (χ4v) is 2.89. The molecule has 98 valence electrons. The number of halogens is 1. The van der Waals surface area contributed by atoms with Crippen molar-refractivity contribution in [3.05, 3.63) is 40.2 Å². The highest BCUT2D eigenvalue weighted by Crippen LogP contribution is 2.28. The maximum atomic E-state index is 5.81. The van der Waals surface area contributed by atoms with Crippen molar-refractivity contribution in [3.8, 4) is 11.6 Å². The summed E-state index contributed by atoms with van der Waals surface area (Å²) in [6, 6.07) is 1.85. The molecule has 5 nitrogen and oxygen atoms in total. The molecule has 3 rings (SSSR count). The second-order valence-electron chi connectivity index (χ2n) is 3.90. The van der Waals surface area contributed by atoms with Crippen molar-refractivity contribution >= 4 is 32.2 Å². The summed E-state index contributed by atoms with van der Waals surface area (Å²) in [6.07, 6.45) is 6.06. The molecule has 0 aromatic carbocycles. The van der Waals surface area contributed by atoms with Crippen LogP contribution in [0.5, 0.6) is 11.6 Å². The molecule has 0 unspecified atom stereocenters. The minimum Gasteiger partial charge on any atom is -0.436 e. The summed E-state index contributed by atoms with van der Waals surface area (Å²) in [6.45, 7) is 0.552. The second-order valence-corrected chi connectivity index (χ2v) is 5.69. The molecule has 3 aromatic rings. The summed E-state index contributed by atoms with van der Waals surface area (Å²) in [5, 5.41) is 1.99. The zero-order chi connectivity index (χ0) is 13.2. The van der Waals surface area contributed by atoms with Crippen molar-refractivity contribution in [2.24, 2.45) is 5.73 Å². The molecule has 0 radical (unpaired) electrons. The lowest BCUT2D eigenvalue weighted by atomic mass is 10.3. The molecular formula is C12H11BrN4OS. The first-order valence-corrected chi connectivity index (χ1v) is 7.38. The van der Waals surface area contributed by atoms with Gasteiger partial charge >= 0.3 is 0 Å². The van der Waals surface area contributed by atoms with Crippen LogP contribution in [0.3, 0.4) is 0 Å². The van der Waals surface area contributed by atoms with E-state index in [-0.39, 0.29) is 0 Å². The molecule has 3 aromatic heterocycles. The van der Waals surface area contributed by atoms with Gasteiger partial charge < -0.3 is 10.5 Å². The van der Waals surface area contributed by atoms with Crippen LogP contribution < -0.4 is 10.5 Å². The van der Waals surface area contributed by atoms with Crippen molar-refractivity contribution in [2.45, 2.75) is 6.42 Å². The van der Waals surface area contributed by atoms with E-state index in [1.807, 2.05) is 22.0 Å². The highest BCUT2D eigenvalue weighted by atomic mass is 79.9. The third-order valence-electron chi connectivity index (χ3n) is 2.60. The minimum atomic E-state index is 0.552. The van der Waals surface area contributed by atoms with Gasteiger partial charge in [0.25, 0.3) is 0 Å². The zero-order valence-corrected chi connectivity index (χ0v) is 12.3. The monoisotopic (exact) mass is 338 g/mol. The number of nitrogens with zero attached hydrogens (tertiary/aromatic N) is 3. The van der Waals surface area contributed by atoms with E-state index in [0.29, 0.717) is 24.6 Å². The van der Waals surface area contributed by atoms with E-state index in [1.54, 1.807) is 23.7 Å². The van der Waals surface area contributed by atoms with Gasteiger partial charge in [0.2, 0.25) is 5.88 Å². The van der Waals surface area contributed by atoms with Gasteiger partial charge in [0.1, 0.15) is 5.75 Å². The number of aromatic nitrogens is 3. The predicted octanol–water partition coefficient (Wildman–Crippen LogP) is 2.85. The van der Waals surface area contributed by atoms with Crippen LogP contribution in [-0.2, 0) is 6.42 Å². The first-order chi connectivity index (χ1) is 9.28. The van der Waals surface area contributed by atoms with Gasteiger partial charge in [0.15, 0.2) is 4.96 Å². The summed E-state index contributed by atoms with van der Waals surface area (Å²) in [7, 11) is 0. The average Bonchev–Trinajstić information content (AvgIpc) is 2.93. The van der Waals surface area contributed by atoms with Gasteiger partial charge in [-0.25, -0.2) is 0 Å². The van der Waals surface area contributed by atoms with E-state index in [4.69, 9.17) is 10.5 Å². The normalized spacial score (nSPS) is 11.1. The van der Waals surface area contributed by atoms with Crippen molar-refractivity contribution in [1.82, 2.24) is 14.4 Å². The number of rotatable bonds is 4. The van der Waals surface area contributed by atoms with E-state index in [9.17, 15) is 0 Å². The minimum absolute atomic E-state index is 0.552. The quantitative estimate of drug-likeness (QED) is 0.794. The van der Waals surface area contributed by atoms with Crippen LogP contribution in [0, 0.1) is 0 Å². The Labute approximate surface area is 122 Å². The Morgan fingerprint density at radius 1 is 1.42 bits per heavy atom. The number of ether oxygens (including phenoxy) is 1. The number of thiazole rings is 1. The lowest BCUT2D eigenvalue weighted by molar-refractivity contribution is 0.456. The Morgan fingerprint density at radius 2 is 2.32 bits per heavy atom. The van der Waals surface area contributed by atoms with Crippen molar-refractivity contribution < 1.29 is 4.74 Å². The van der Waals surface area contributed by atoms with Crippen LogP contribution in [0.25, 0.3) is 4.96 Å². The van der Waals surface area contributed by atoms with E-state index >= 15 is 0 Å². The highest BCUT2D eigenvalue weighted by molar-refractivity contribution is 9.10. The fraction of sp³-hybridized carbons (Fsp3) is 0.167. The molecule has 0 bridgehead atoms. The molecular weight excluding hydrogens is 328 g/mol. The van der Waals surface area contributed by atoms with E-state index in [2.05, 4.69) is 25.9 Å². The lowest BCUT2D eigenvalue weighted by Crippen LogP contribution is -2.05. The smallest absolute Gasteiger partial charge is 0.242 e. The Morgan fingerprint density at radius 3 is 3.11 bits per heavy atom. The van der Waals surface area contributed by atoms with Crippen molar-refractivity contribution in [2.75, 3.05) is 6.54 Å². The molecule has 7 heteroatoms. The summed E-state index contributed by atoms with van der Waals surface area (Å²) in [5.41, 5.74) is 6.64. The van der Waals surface area contributed by atoms with Crippen LogP contribution in [0.15, 0.2) is 34.5 Å².